The van der Waals surface area contributed by atoms with E-state index in [1.807, 2.05) is 12.3 Å². The summed E-state index contributed by atoms with van der Waals surface area (Å²) in [7, 11) is 0. The molecule has 0 aliphatic heterocycles. The Morgan fingerprint density at radius 2 is 2.29 bits per heavy atom. The topological polar surface area (TPSA) is 51.0 Å². The van der Waals surface area contributed by atoms with Gasteiger partial charge in [-0.15, -0.1) is 11.3 Å². The summed E-state index contributed by atoms with van der Waals surface area (Å²) in [5, 5.41) is 6.37. The highest BCUT2D eigenvalue weighted by Crippen LogP contribution is 2.22. The van der Waals surface area contributed by atoms with Crippen LogP contribution in [0.15, 0.2) is 16.0 Å². The lowest BCUT2D eigenvalue weighted by Gasteiger charge is -2.05. The molecule has 2 heterocycles. The summed E-state index contributed by atoms with van der Waals surface area (Å²) in [6.45, 7) is 7.11. The van der Waals surface area contributed by atoms with Gasteiger partial charge in [-0.3, -0.25) is 0 Å². The summed E-state index contributed by atoms with van der Waals surface area (Å²) in [6, 6.07) is 0.491. The molecule has 2 aromatic heterocycles. The van der Waals surface area contributed by atoms with Crippen LogP contribution in [0, 0.1) is 6.92 Å². The number of nitrogens with zero attached hydrogens (tertiary/aromatic N) is 2. The van der Waals surface area contributed by atoms with Crippen LogP contribution in [0.5, 0.6) is 0 Å². The number of oxazole rings is 1. The molecule has 0 fully saturated rings. The van der Waals surface area contributed by atoms with Gasteiger partial charge < -0.3 is 9.73 Å². The van der Waals surface area contributed by atoms with Gasteiger partial charge in [0, 0.05) is 24.4 Å². The summed E-state index contributed by atoms with van der Waals surface area (Å²) in [6.07, 6.45) is 2.56. The first-order valence-corrected chi connectivity index (χ1v) is 6.63. The molecule has 0 spiro atoms. The average Bonchev–Trinajstić information content (AvgIpc) is 2.86. The molecule has 4 nitrogen and oxygen atoms in total. The molecule has 0 radical (unpaired) electrons. The molecule has 0 aliphatic rings. The number of thiazole rings is 1. The molecule has 1 N–H and O–H groups in total. The van der Waals surface area contributed by atoms with E-state index in [4.69, 9.17) is 4.42 Å². The highest BCUT2D eigenvalue weighted by molar-refractivity contribution is 7.09. The lowest BCUT2D eigenvalue weighted by molar-refractivity contribution is 0.484. The first-order valence-electron chi connectivity index (χ1n) is 5.75. The molecule has 0 amide bonds. The van der Waals surface area contributed by atoms with Gasteiger partial charge in [-0.25, -0.2) is 9.97 Å². The lowest BCUT2D eigenvalue weighted by atomic mass is 10.3. The summed E-state index contributed by atoms with van der Waals surface area (Å²) in [5.74, 6) is 1.52. The normalized spacial score (nSPS) is 11.3. The third-order valence-corrected chi connectivity index (χ3v) is 3.09. The van der Waals surface area contributed by atoms with Crippen molar-refractivity contribution in [2.24, 2.45) is 0 Å². The van der Waals surface area contributed by atoms with Crippen molar-refractivity contribution in [3.8, 4) is 11.5 Å². The van der Waals surface area contributed by atoms with Crippen molar-refractivity contribution in [1.29, 1.82) is 0 Å². The second kappa shape index (κ2) is 5.42. The van der Waals surface area contributed by atoms with E-state index in [0.29, 0.717) is 6.04 Å². The van der Waals surface area contributed by atoms with Crippen molar-refractivity contribution in [3.63, 3.8) is 0 Å². The Hall–Kier alpha value is -1.20. The van der Waals surface area contributed by atoms with Crippen LogP contribution in [0.3, 0.4) is 0 Å². The third-order valence-electron chi connectivity index (χ3n) is 2.32. The summed E-state index contributed by atoms with van der Waals surface area (Å²) >= 11 is 1.62. The fraction of sp³-hybridized carbons (Fsp3) is 0.500. The maximum atomic E-state index is 5.66. The standard InChI is InChI=1S/C12H17N3OS/c1-8(2)13-5-4-12-14-6-11(16-12)10-7-17-9(3)15-10/h6-8,13H,4-5H2,1-3H3. The van der Waals surface area contributed by atoms with Crippen LogP contribution in [0.2, 0.25) is 0 Å². The Morgan fingerprint density at radius 1 is 1.47 bits per heavy atom. The van der Waals surface area contributed by atoms with Crippen molar-refractivity contribution < 1.29 is 4.42 Å². The van der Waals surface area contributed by atoms with Gasteiger partial charge in [0.2, 0.25) is 0 Å². The van der Waals surface area contributed by atoms with Gasteiger partial charge in [0.25, 0.3) is 0 Å². The molecular formula is C12H17N3OS. The lowest BCUT2D eigenvalue weighted by Crippen LogP contribution is -2.24. The van der Waals surface area contributed by atoms with Gasteiger partial charge in [0.05, 0.1) is 11.2 Å². The minimum absolute atomic E-state index is 0.491. The monoisotopic (exact) mass is 251 g/mol. The Labute approximate surface area is 105 Å². The third kappa shape index (κ3) is 3.38. The molecule has 0 aromatic carbocycles. The summed E-state index contributed by atoms with van der Waals surface area (Å²) < 4.78 is 5.66. The van der Waals surface area contributed by atoms with E-state index in [1.165, 1.54) is 0 Å². The molecule has 0 aliphatic carbocycles. The van der Waals surface area contributed by atoms with Crippen molar-refractivity contribution in [1.82, 2.24) is 15.3 Å². The van der Waals surface area contributed by atoms with E-state index in [1.54, 1.807) is 17.5 Å². The first kappa shape index (κ1) is 12.3. The van der Waals surface area contributed by atoms with Crippen molar-refractivity contribution in [3.05, 3.63) is 22.5 Å². The van der Waals surface area contributed by atoms with Gasteiger partial charge in [-0.1, -0.05) is 13.8 Å². The van der Waals surface area contributed by atoms with Crippen molar-refractivity contribution in [2.75, 3.05) is 6.54 Å². The number of aromatic nitrogens is 2. The van der Waals surface area contributed by atoms with Crippen LogP contribution >= 0.6 is 11.3 Å². The largest absolute Gasteiger partial charge is 0.439 e. The van der Waals surface area contributed by atoms with Gasteiger partial charge >= 0.3 is 0 Å². The van der Waals surface area contributed by atoms with E-state index in [-0.39, 0.29) is 0 Å². The Balaban J connectivity index is 1.96. The number of rotatable bonds is 5. The zero-order chi connectivity index (χ0) is 12.3. The van der Waals surface area contributed by atoms with E-state index in [2.05, 4.69) is 29.1 Å². The molecular weight excluding hydrogens is 234 g/mol. The minimum atomic E-state index is 0.491. The highest BCUT2D eigenvalue weighted by atomic mass is 32.1. The summed E-state index contributed by atoms with van der Waals surface area (Å²) in [5.41, 5.74) is 0.878. The predicted octanol–water partition coefficient (Wildman–Crippen LogP) is 2.65. The minimum Gasteiger partial charge on any atom is -0.439 e. The molecule has 0 saturated carbocycles. The van der Waals surface area contributed by atoms with Gasteiger partial charge in [0.1, 0.15) is 5.69 Å². The predicted molar refractivity (Wildman–Crippen MR) is 69.2 cm³/mol. The zero-order valence-electron chi connectivity index (χ0n) is 10.4. The highest BCUT2D eigenvalue weighted by Gasteiger charge is 2.08. The Morgan fingerprint density at radius 3 is 2.94 bits per heavy atom. The van der Waals surface area contributed by atoms with E-state index in [0.717, 1.165) is 35.3 Å². The van der Waals surface area contributed by atoms with Crippen LogP contribution in [-0.2, 0) is 6.42 Å². The summed E-state index contributed by atoms with van der Waals surface area (Å²) in [4.78, 5) is 8.63. The maximum absolute atomic E-state index is 5.66. The molecule has 17 heavy (non-hydrogen) atoms. The van der Waals surface area contributed by atoms with Gasteiger partial charge in [-0.05, 0) is 6.92 Å². The molecule has 0 saturated heterocycles. The second-order valence-electron chi connectivity index (χ2n) is 4.23. The number of aryl methyl sites for hydroxylation is 1. The maximum Gasteiger partial charge on any atom is 0.196 e. The van der Waals surface area contributed by atoms with Crippen LogP contribution in [0.4, 0.5) is 0 Å². The molecule has 92 valence electrons. The van der Waals surface area contributed by atoms with Crippen molar-refractivity contribution in [2.45, 2.75) is 33.2 Å². The number of hydrogen-bond donors (Lipinski definition) is 1. The van der Waals surface area contributed by atoms with Crippen LogP contribution in [0.25, 0.3) is 11.5 Å². The fourth-order valence-electron chi connectivity index (χ4n) is 1.49. The Kier molecular flexibility index (Phi) is 3.91. The van der Waals surface area contributed by atoms with Crippen LogP contribution in [-0.4, -0.2) is 22.6 Å². The fourth-order valence-corrected chi connectivity index (χ4v) is 2.09. The van der Waals surface area contributed by atoms with Crippen LogP contribution < -0.4 is 5.32 Å². The quantitative estimate of drug-likeness (QED) is 0.887. The van der Waals surface area contributed by atoms with E-state index in [9.17, 15) is 0 Å². The average molecular weight is 251 g/mol. The van der Waals surface area contributed by atoms with E-state index < -0.39 is 0 Å². The zero-order valence-corrected chi connectivity index (χ0v) is 11.2. The van der Waals surface area contributed by atoms with E-state index >= 15 is 0 Å². The Bertz CT molecular complexity index is 476. The van der Waals surface area contributed by atoms with Gasteiger partial charge in [-0.2, -0.15) is 0 Å². The van der Waals surface area contributed by atoms with Crippen molar-refractivity contribution >= 4 is 11.3 Å². The second-order valence-corrected chi connectivity index (χ2v) is 5.29. The SMILES string of the molecule is Cc1nc(-c2cnc(CCNC(C)C)o2)cs1. The molecule has 0 unspecified atom stereocenters. The molecule has 2 rings (SSSR count). The molecule has 0 atom stereocenters. The first-order chi connectivity index (χ1) is 8.15. The smallest absolute Gasteiger partial charge is 0.196 e. The molecule has 2 aromatic rings. The molecule has 0 bridgehead atoms. The number of nitrogens with one attached hydrogen (secondary N) is 1. The molecule has 5 heteroatoms. The van der Waals surface area contributed by atoms with Gasteiger partial charge in [0.15, 0.2) is 11.7 Å². The number of hydrogen-bond acceptors (Lipinski definition) is 5. The van der Waals surface area contributed by atoms with Crippen LogP contribution in [0.1, 0.15) is 24.7 Å².